The molecule has 0 spiro atoms. The van der Waals surface area contributed by atoms with Crippen LogP contribution in [0.2, 0.25) is 0 Å². The molecule has 0 heterocycles. The van der Waals surface area contributed by atoms with E-state index in [0.717, 1.165) is 55.2 Å². The Bertz CT molecular complexity index is 2000. The maximum atomic E-state index is 13.4. The van der Waals surface area contributed by atoms with Crippen molar-refractivity contribution in [2.24, 2.45) is 0 Å². The van der Waals surface area contributed by atoms with Crippen LogP contribution < -0.4 is 0 Å². The van der Waals surface area contributed by atoms with Crippen LogP contribution in [0.5, 0.6) is 17.2 Å². The van der Waals surface area contributed by atoms with Gasteiger partial charge in [-0.1, -0.05) is 96.1 Å². The van der Waals surface area contributed by atoms with E-state index in [9.17, 15) is 20.1 Å². The maximum absolute atomic E-state index is 13.4. The van der Waals surface area contributed by atoms with Crippen molar-refractivity contribution in [3.05, 3.63) is 149 Å². The smallest absolute Gasteiger partial charge is 0.342 e. The van der Waals surface area contributed by atoms with Crippen molar-refractivity contribution in [2.45, 2.75) is 71.3 Å². The molecule has 0 amide bonds. The number of carbonyl (C=O) groups is 1. The Hall–Kier alpha value is -2.11. The highest BCUT2D eigenvalue weighted by Crippen LogP contribution is 2.45. The minimum Gasteiger partial charge on any atom is -0.507 e. The van der Waals surface area contributed by atoms with Gasteiger partial charge in [0.25, 0.3) is 0 Å². The predicted octanol–water partition coefficient (Wildman–Crippen LogP) is 11.9. The summed E-state index contributed by atoms with van der Waals surface area (Å²) in [6.07, 6.45) is 0. The zero-order valence-corrected chi connectivity index (χ0v) is 38.1. The molecule has 0 saturated carbocycles. The second-order valence-corrected chi connectivity index (χ2v) is 19.2. The number of aromatic hydroxyl groups is 3. The number of carbonyl (C=O) groups excluding carboxylic acids is 1. The summed E-state index contributed by atoms with van der Waals surface area (Å²) in [5.41, 5.74) is 6.52. The van der Waals surface area contributed by atoms with Crippen molar-refractivity contribution in [1.82, 2.24) is 0 Å². The third kappa shape index (κ3) is 8.20. The Morgan fingerprint density at radius 2 is 0.922 bits per heavy atom. The van der Waals surface area contributed by atoms with Crippen LogP contribution in [0.3, 0.4) is 0 Å². The lowest BCUT2D eigenvalue weighted by molar-refractivity contribution is 0.0469. The number of ether oxygens (including phenoxy) is 1. The van der Waals surface area contributed by atoms with Crippen molar-refractivity contribution < 1.29 is 24.9 Å². The topological polar surface area (TPSA) is 87.0 Å². The number of hydrogen-bond donors (Lipinski definition) is 3. The molecule has 0 aliphatic rings. The number of halogens is 4. The van der Waals surface area contributed by atoms with E-state index >= 15 is 0 Å². The lowest BCUT2D eigenvalue weighted by Crippen LogP contribution is -2.27. The Morgan fingerprint density at radius 3 is 1.37 bits per heavy atom. The van der Waals surface area contributed by atoms with Crippen LogP contribution >= 0.6 is 90.4 Å². The zero-order chi connectivity index (χ0) is 37.6. The fraction of sp³-hybridized carbons (Fsp3) is 0.262. The van der Waals surface area contributed by atoms with Crippen LogP contribution in [0, 0.1) is 21.2 Å². The molecule has 51 heavy (non-hydrogen) atoms. The molecule has 0 saturated heterocycles. The van der Waals surface area contributed by atoms with Crippen molar-refractivity contribution >= 4 is 96.3 Å². The summed E-state index contributed by atoms with van der Waals surface area (Å²) in [5.74, 6) is -0.107. The van der Waals surface area contributed by atoms with Gasteiger partial charge in [-0.2, -0.15) is 0 Å². The van der Waals surface area contributed by atoms with Gasteiger partial charge in [0.1, 0.15) is 29.4 Å². The van der Waals surface area contributed by atoms with Gasteiger partial charge in [-0.3, -0.25) is 0 Å². The fourth-order valence-electron chi connectivity index (χ4n) is 6.15. The predicted molar refractivity (Wildman–Crippen MR) is 238 cm³/mol. The highest BCUT2D eigenvalue weighted by molar-refractivity contribution is 14.1. The number of phenols is 3. The summed E-state index contributed by atoms with van der Waals surface area (Å²) < 4.78 is 8.60. The van der Waals surface area contributed by atoms with Gasteiger partial charge < -0.3 is 20.1 Å². The normalized spacial score (nSPS) is 12.2. The molecule has 0 bridgehead atoms. The fourth-order valence-corrected chi connectivity index (χ4v) is 9.31. The first-order chi connectivity index (χ1) is 23.7. The van der Waals surface area contributed by atoms with Gasteiger partial charge in [-0.05, 0) is 172 Å². The largest absolute Gasteiger partial charge is 0.507 e. The van der Waals surface area contributed by atoms with E-state index in [0.29, 0.717) is 9.32 Å². The Balaban J connectivity index is 1.69. The molecule has 5 nitrogen and oxygen atoms in total. The molecule has 5 rings (SSSR count). The van der Waals surface area contributed by atoms with Gasteiger partial charge in [-0.25, -0.2) is 4.79 Å². The summed E-state index contributed by atoms with van der Waals surface area (Å²) in [5, 5.41) is 32.3. The van der Waals surface area contributed by atoms with Gasteiger partial charge in [-0.15, -0.1) is 0 Å². The number of aryl methyl sites for hydroxylation is 1. The van der Waals surface area contributed by atoms with Gasteiger partial charge in [0.05, 0.1) is 14.3 Å². The minimum absolute atomic E-state index is 0.0984. The first-order valence-electron chi connectivity index (χ1n) is 16.3. The average molecular weight is 1130 g/mol. The molecule has 0 radical (unpaired) electrons. The van der Waals surface area contributed by atoms with Crippen LogP contribution in [-0.2, 0) is 27.6 Å². The molecule has 0 unspecified atom stereocenters. The maximum Gasteiger partial charge on any atom is 0.342 e. The van der Waals surface area contributed by atoms with E-state index in [1.807, 2.05) is 61.5 Å². The monoisotopic (exact) mass is 1130 g/mol. The number of hydrogen-bond acceptors (Lipinski definition) is 5. The van der Waals surface area contributed by atoms with E-state index in [2.05, 4.69) is 156 Å². The summed E-state index contributed by atoms with van der Waals surface area (Å²) in [6, 6.07) is 28.1. The quantitative estimate of drug-likeness (QED) is 0.101. The number of esters is 1. The molecule has 3 N–H and O–H groups in total. The van der Waals surface area contributed by atoms with Crippen molar-refractivity contribution in [3.8, 4) is 17.2 Å². The van der Waals surface area contributed by atoms with Crippen LogP contribution in [0.4, 0.5) is 0 Å². The SMILES string of the molecule is Cc1cc(C(C)(C)c2cc(C(C)(C)c3cc(I)c(O)c(I)c3)cc(C(C)(C)c3cc(I)c(O)c(C(=O)OCc4ccccc4)c3)c2)cc(I)c1O. The molecule has 0 aliphatic heterocycles. The summed E-state index contributed by atoms with van der Waals surface area (Å²) in [6.45, 7) is 15.1. The van der Waals surface area contributed by atoms with Gasteiger partial charge in [0.15, 0.2) is 0 Å². The first kappa shape index (κ1) is 40.1. The molecular weight excluding hydrogens is 1090 g/mol. The third-order valence-corrected chi connectivity index (χ3v) is 13.3. The minimum atomic E-state index is -0.615. The van der Waals surface area contributed by atoms with Gasteiger partial charge >= 0.3 is 5.97 Å². The highest BCUT2D eigenvalue weighted by atomic mass is 127. The average Bonchev–Trinajstić information content (AvgIpc) is 3.09. The lowest BCUT2D eigenvalue weighted by Gasteiger charge is -2.35. The molecule has 0 aliphatic carbocycles. The number of rotatable bonds is 9. The van der Waals surface area contributed by atoms with E-state index < -0.39 is 22.2 Å². The van der Waals surface area contributed by atoms with Crippen molar-refractivity contribution in [2.75, 3.05) is 0 Å². The van der Waals surface area contributed by atoms with Crippen LogP contribution in [-0.4, -0.2) is 21.3 Å². The van der Waals surface area contributed by atoms with E-state index in [4.69, 9.17) is 4.74 Å². The number of phenolic OH excluding ortho intramolecular Hbond substituents is 3. The molecule has 5 aromatic rings. The first-order valence-corrected chi connectivity index (χ1v) is 20.6. The Morgan fingerprint density at radius 1 is 0.549 bits per heavy atom. The standard InChI is InChI=1S/C42H40I4O5/c1-23-13-25(18-32(43)36(23)47)40(2,3)26-14-27(16-28(15-26)42(6,7)30-20-34(45)38(49)35(46)21-30)41(4,5)29-17-31(37(48)33(44)19-29)39(50)51-22-24-11-9-8-10-12-24/h8-21,47-49H,22H2,1-7H3. The molecular formula is C42H40I4O5. The van der Waals surface area contributed by atoms with Crippen LogP contribution in [0.15, 0.2) is 84.9 Å². The summed E-state index contributed by atoms with van der Waals surface area (Å²) in [4.78, 5) is 13.4. The van der Waals surface area contributed by atoms with Gasteiger partial charge in [0.2, 0.25) is 0 Å². The van der Waals surface area contributed by atoms with Crippen LogP contribution in [0.25, 0.3) is 0 Å². The van der Waals surface area contributed by atoms with Gasteiger partial charge in [0, 0.05) is 16.2 Å². The molecule has 0 fully saturated rings. The Labute approximate surface area is 355 Å². The molecule has 9 heteroatoms. The summed E-state index contributed by atoms with van der Waals surface area (Å²) >= 11 is 8.64. The molecule has 266 valence electrons. The molecule has 0 atom stereocenters. The van der Waals surface area contributed by atoms with Crippen molar-refractivity contribution in [1.29, 1.82) is 0 Å². The summed E-state index contributed by atoms with van der Waals surface area (Å²) in [7, 11) is 0. The highest BCUT2D eigenvalue weighted by Gasteiger charge is 2.34. The Kier molecular flexibility index (Phi) is 12.0. The van der Waals surface area contributed by atoms with E-state index in [-0.39, 0.29) is 23.7 Å². The van der Waals surface area contributed by atoms with E-state index in [1.54, 1.807) is 6.07 Å². The second-order valence-electron chi connectivity index (χ2n) is 14.5. The lowest BCUT2D eigenvalue weighted by atomic mass is 9.69. The molecule has 0 aromatic heterocycles. The zero-order valence-electron chi connectivity index (χ0n) is 29.5. The van der Waals surface area contributed by atoms with Crippen molar-refractivity contribution in [3.63, 3.8) is 0 Å². The second kappa shape index (κ2) is 15.3. The third-order valence-electron chi connectivity index (χ3n) is 10.0. The molecule has 5 aromatic carbocycles. The van der Waals surface area contributed by atoms with Crippen LogP contribution in [0.1, 0.15) is 96.4 Å². The number of benzene rings is 5. The van der Waals surface area contributed by atoms with E-state index in [1.165, 1.54) is 0 Å².